The molecule has 2 rings (SSSR count). The fourth-order valence-corrected chi connectivity index (χ4v) is 1.87. The Morgan fingerprint density at radius 2 is 2.22 bits per heavy atom. The fourth-order valence-electron chi connectivity index (χ4n) is 1.55. The monoisotopic (exact) mass is 309 g/mol. The highest BCUT2D eigenvalue weighted by Gasteiger charge is 2.15. The van der Waals surface area contributed by atoms with Crippen molar-refractivity contribution in [1.29, 1.82) is 0 Å². The van der Waals surface area contributed by atoms with E-state index in [1.165, 1.54) is 10.9 Å². The van der Waals surface area contributed by atoms with Crippen LogP contribution in [-0.4, -0.2) is 25.8 Å². The highest BCUT2D eigenvalue weighted by atomic mass is 79.9. The van der Waals surface area contributed by atoms with Gasteiger partial charge in [-0.15, -0.1) is 0 Å². The average molecular weight is 310 g/mol. The minimum Gasteiger partial charge on any atom is -0.476 e. The fraction of sp³-hybridized carbons (Fsp3) is 0.250. The van der Waals surface area contributed by atoms with E-state index in [-0.39, 0.29) is 5.69 Å². The number of rotatable bonds is 3. The van der Waals surface area contributed by atoms with Crippen LogP contribution in [0.5, 0.6) is 0 Å². The lowest BCUT2D eigenvalue weighted by atomic mass is 10.1. The summed E-state index contributed by atoms with van der Waals surface area (Å²) in [4.78, 5) is 15.0. The Kier molecular flexibility index (Phi) is 3.47. The summed E-state index contributed by atoms with van der Waals surface area (Å²) in [5.41, 5.74) is 1.34. The van der Waals surface area contributed by atoms with Crippen molar-refractivity contribution in [3.8, 4) is 5.69 Å². The predicted molar refractivity (Wildman–Crippen MR) is 70.1 cm³/mol. The largest absolute Gasteiger partial charge is 0.476 e. The number of carbonyl (C=O) groups is 1. The lowest BCUT2D eigenvalue weighted by Gasteiger charge is -2.06. The molecule has 6 heteroatoms. The van der Waals surface area contributed by atoms with Crippen LogP contribution in [0.15, 0.2) is 29.0 Å². The van der Waals surface area contributed by atoms with Crippen molar-refractivity contribution in [2.75, 3.05) is 0 Å². The molecular weight excluding hydrogens is 298 g/mol. The number of carboxylic acids is 1. The van der Waals surface area contributed by atoms with Crippen molar-refractivity contribution < 1.29 is 9.90 Å². The summed E-state index contributed by atoms with van der Waals surface area (Å²) in [7, 11) is 0. The van der Waals surface area contributed by atoms with E-state index in [0.717, 1.165) is 5.69 Å². The van der Waals surface area contributed by atoms with Gasteiger partial charge in [0.15, 0.2) is 5.69 Å². The zero-order valence-corrected chi connectivity index (χ0v) is 11.5. The molecule has 2 aromatic heterocycles. The third-order valence-corrected chi connectivity index (χ3v) is 2.92. The van der Waals surface area contributed by atoms with Crippen LogP contribution in [0.3, 0.4) is 0 Å². The van der Waals surface area contributed by atoms with E-state index >= 15 is 0 Å². The molecule has 0 bridgehead atoms. The van der Waals surface area contributed by atoms with E-state index in [1.54, 1.807) is 12.3 Å². The number of aromatic nitrogens is 3. The Balaban J connectivity index is 2.54. The summed E-state index contributed by atoms with van der Waals surface area (Å²) < 4.78 is 2.25. The highest BCUT2D eigenvalue weighted by Crippen LogP contribution is 2.19. The number of pyridine rings is 1. The van der Waals surface area contributed by atoms with Crippen molar-refractivity contribution in [2.24, 2.45) is 0 Å². The van der Waals surface area contributed by atoms with E-state index < -0.39 is 5.97 Å². The third-order valence-electron chi connectivity index (χ3n) is 2.48. The molecule has 1 N–H and O–H groups in total. The Hall–Kier alpha value is -1.69. The Morgan fingerprint density at radius 1 is 1.50 bits per heavy atom. The molecule has 0 aliphatic heterocycles. The quantitative estimate of drug-likeness (QED) is 0.946. The van der Waals surface area contributed by atoms with Gasteiger partial charge in [0.05, 0.1) is 11.4 Å². The summed E-state index contributed by atoms with van der Waals surface area (Å²) in [6.45, 7) is 4.06. The predicted octanol–water partition coefficient (Wildman–Crippen LogP) is 2.85. The van der Waals surface area contributed by atoms with E-state index in [1.807, 2.05) is 19.9 Å². The second-order valence-corrected chi connectivity index (χ2v) is 5.08. The van der Waals surface area contributed by atoms with Gasteiger partial charge in [-0.2, -0.15) is 5.10 Å². The maximum atomic E-state index is 11.1. The zero-order chi connectivity index (χ0) is 13.3. The summed E-state index contributed by atoms with van der Waals surface area (Å²) >= 11 is 3.28. The standard InChI is InChI=1S/C12H12BrN3O2/c1-7(2)9-3-4-16(15-9)10-5-8(13)6-14-11(10)12(17)18/h3-7H,1-2H3,(H,17,18). The van der Waals surface area contributed by atoms with Crippen LogP contribution in [-0.2, 0) is 0 Å². The first-order valence-corrected chi connectivity index (χ1v) is 6.23. The Bertz CT molecular complexity index is 593. The lowest BCUT2D eigenvalue weighted by Crippen LogP contribution is -2.09. The number of hydrogen-bond donors (Lipinski definition) is 1. The molecule has 0 unspecified atom stereocenters. The van der Waals surface area contributed by atoms with Crippen LogP contribution in [0.2, 0.25) is 0 Å². The summed E-state index contributed by atoms with van der Waals surface area (Å²) in [6.07, 6.45) is 3.20. The molecule has 0 aliphatic rings. The van der Waals surface area contributed by atoms with Crippen molar-refractivity contribution in [1.82, 2.24) is 14.8 Å². The van der Waals surface area contributed by atoms with Crippen molar-refractivity contribution >= 4 is 21.9 Å². The van der Waals surface area contributed by atoms with E-state index in [4.69, 9.17) is 5.11 Å². The van der Waals surface area contributed by atoms with Crippen molar-refractivity contribution in [2.45, 2.75) is 19.8 Å². The summed E-state index contributed by atoms with van der Waals surface area (Å²) in [5, 5.41) is 13.5. The molecule has 0 fully saturated rings. The van der Waals surface area contributed by atoms with Gasteiger partial charge >= 0.3 is 5.97 Å². The second kappa shape index (κ2) is 4.89. The molecule has 18 heavy (non-hydrogen) atoms. The molecule has 0 atom stereocenters. The average Bonchev–Trinajstić information content (AvgIpc) is 2.77. The Labute approximate surface area is 113 Å². The first-order valence-electron chi connectivity index (χ1n) is 5.44. The van der Waals surface area contributed by atoms with Gasteiger partial charge in [-0.05, 0) is 34.0 Å². The first kappa shape index (κ1) is 12.8. The first-order chi connectivity index (χ1) is 8.49. The van der Waals surface area contributed by atoms with E-state index in [2.05, 4.69) is 26.0 Å². The molecular formula is C12H12BrN3O2. The molecule has 0 saturated heterocycles. The van der Waals surface area contributed by atoms with Gasteiger partial charge in [0.1, 0.15) is 0 Å². The van der Waals surface area contributed by atoms with Crippen LogP contribution in [0.25, 0.3) is 5.69 Å². The topological polar surface area (TPSA) is 68.0 Å². The SMILES string of the molecule is CC(C)c1ccn(-c2cc(Br)cnc2C(=O)O)n1. The molecule has 0 spiro atoms. The smallest absolute Gasteiger partial charge is 0.356 e. The zero-order valence-electron chi connectivity index (χ0n) is 9.96. The highest BCUT2D eigenvalue weighted by molar-refractivity contribution is 9.10. The maximum Gasteiger partial charge on any atom is 0.356 e. The Morgan fingerprint density at radius 3 is 2.78 bits per heavy atom. The van der Waals surface area contributed by atoms with Gasteiger partial charge in [0.2, 0.25) is 0 Å². The van der Waals surface area contributed by atoms with Crippen molar-refractivity contribution in [3.05, 3.63) is 40.4 Å². The molecule has 0 amide bonds. The third kappa shape index (κ3) is 2.43. The molecule has 0 aromatic carbocycles. The summed E-state index contributed by atoms with van der Waals surface area (Å²) in [6, 6.07) is 3.56. The molecule has 2 heterocycles. The molecule has 0 aliphatic carbocycles. The lowest BCUT2D eigenvalue weighted by molar-refractivity contribution is 0.0690. The number of aromatic carboxylic acids is 1. The van der Waals surface area contributed by atoms with Gasteiger partial charge in [0, 0.05) is 16.9 Å². The summed E-state index contributed by atoms with van der Waals surface area (Å²) in [5.74, 6) is -0.779. The van der Waals surface area contributed by atoms with Crippen LogP contribution < -0.4 is 0 Å². The van der Waals surface area contributed by atoms with Gasteiger partial charge in [0.25, 0.3) is 0 Å². The van der Waals surface area contributed by atoms with Gasteiger partial charge in [-0.3, -0.25) is 0 Å². The van der Waals surface area contributed by atoms with E-state index in [0.29, 0.717) is 16.1 Å². The maximum absolute atomic E-state index is 11.1. The molecule has 0 radical (unpaired) electrons. The molecule has 0 saturated carbocycles. The number of nitrogens with zero attached hydrogens (tertiary/aromatic N) is 3. The molecule has 2 aromatic rings. The normalized spacial score (nSPS) is 10.9. The number of halogens is 1. The van der Waals surface area contributed by atoms with E-state index in [9.17, 15) is 4.79 Å². The number of hydrogen-bond acceptors (Lipinski definition) is 3. The van der Waals surface area contributed by atoms with Gasteiger partial charge in [-0.25, -0.2) is 14.5 Å². The van der Waals surface area contributed by atoms with Crippen LogP contribution in [0, 0.1) is 0 Å². The minimum atomic E-state index is -1.07. The van der Waals surface area contributed by atoms with Crippen LogP contribution in [0.1, 0.15) is 35.9 Å². The number of carboxylic acid groups (broad SMARTS) is 1. The molecule has 94 valence electrons. The van der Waals surface area contributed by atoms with Crippen molar-refractivity contribution in [3.63, 3.8) is 0 Å². The molecule has 5 nitrogen and oxygen atoms in total. The minimum absolute atomic E-state index is 0.0170. The van der Waals surface area contributed by atoms with Gasteiger partial charge in [-0.1, -0.05) is 13.8 Å². The van der Waals surface area contributed by atoms with Crippen LogP contribution >= 0.6 is 15.9 Å². The second-order valence-electron chi connectivity index (χ2n) is 4.17. The van der Waals surface area contributed by atoms with Crippen LogP contribution in [0.4, 0.5) is 0 Å². The van der Waals surface area contributed by atoms with Gasteiger partial charge < -0.3 is 5.11 Å².